The van der Waals surface area contributed by atoms with Crippen molar-refractivity contribution in [3.8, 4) is 5.75 Å². The molecule has 0 amide bonds. The van der Waals surface area contributed by atoms with Crippen molar-refractivity contribution >= 4 is 10.0 Å². The Morgan fingerprint density at radius 2 is 2.07 bits per heavy atom. The van der Waals surface area contributed by atoms with Gasteiger partial charge >= 0.3 is 0 Å². The fourth-order valence-corrected chi connectivity index (χ4v) is 2.33. The van der Waals surface area contributed by atoms with Crippen molar-refractivity contribution in [3.63, 3.8) is 0 Å². The van der Waals surface area contributed by atoms with Crippen molar-refractivity contribution in [1.29, 1.82) is 0 Å². The minimum atomic E-state index is -3.71. The highest BCUT2D eigenvalue weighted by molar-refractivity contribution is 7.89. The summed E-state index contributed by atoms with van der Waals surface area (Å²) >= 11 is 0. The van der Waals surface area contributed by atoms with E-state index in [4.69, 9.17) is 9.88 Å². The molecular weight excluding hydrogens is 202 g/mol. The molecule has 4 nitrogen and oxygen atoms in total. The first-order valence-electron chi connectivity index (χ1n) is 4.19. The summed E-state index contributed by atoms with van der Waals surface area (Å²) in [6, 6.07) is 5.05. The molecule has 1 rings (SSSR count). The Balaban J connectivity index is 3.50. The number of benzene rings is 1. The van der Waals surface area contributed by atoms with Crippen LogP contribution in [0.3, 0.4) is 0 Å². The fourth-order valence-electron chi connectivity index (χ4n) is 1.32. The summed E-state index contributed by atoms with van der Waals surface area (Å²) in [6.07, 6.45) is 0.600. The maximum atomic E-state index is 11.3. The van der Waals surface area contributed by atoms with Crippen molar-refractivity contribution in [1.82, 2.24) is 0 Å². The number of hydrogen-bond acceptors (Lipinski definition) is 3. The van der Waals surface area contributed by atoms with E-state index in [9.17, 15) is 8.42 Å². The van der Waals surface area contributed by atoms with Crippen LogP contribution in [0.4, 0.5) is 0 Å². The number of rotatable bonds is 3. The Labute approximate surface area is 83.7 Å². The number of methoxy groups -OCH3 is 1. The predicted molar refractivity (Wildman–Crippen MR) is 53.7 cm³/mol. The summed E-state index contributed by atoms with van der Waals surface area (Å²) in [5.74, 6) is 0.298. The Kier molecular flexibility index (Phi) is 3.13. The molecule has 1 aromatic rings. The third-order valence-corrected chi connectivity index (χ3v) is 2.98. The second kappa shape index (κ2) is 3.98. The molecule has 78 valence electrons. The van der Waals surface area contributed by atoms with Crippen LogP contribution in [0.5, 0.6) is 5.75 Å². The molecule has 0 aliphatic heterocycles. The lowest BCUT2D eigenvalue weighted by molar-refractivity contribution is 0.401. The topological polar surface area (TPSA) is 69.4 Å². The predicted octanol–water partition coefficient (Wildman–Crippen LogP) is 0.905. The zero-order valence-electron chi connectivity index (χ0n) is 8.15. The van der Waals surface area contributed by atoms with Gasteiger partial charge in [0.05, 0.1) is 7.11 Å². The van der Waals surface area contributed by atoms with Gasteiger partial charge in [0, 0.05) is 0 Å². The fraction of sp³-hybridized carbons (Fsp3) is 0.333. The molecule has 0 saturated heterocycles. The normalized spacial score (nSPS) is 11.4. The van der Waals surface area contributed by atoms with Gasteiger partial charge in [-0.25, -0.2) is 13.6 Å². The highest BCUT2D eigenvalue weighted by Gasteiger charge is 2.18. The average molecular weight is 215 g/mol. The lowest BCUT2D eigenvalue weighted by Gasteiger charge is -2.10. The molecule has 0 unspecified atom stereocenters. The van der Waals surface area contributed by atoms with Crippen LogP contribution in [0.2, 0.25) is 0 Å². The molecule has 0 atom stereocenters. The molecule has 0 saturated carbocycles. The summed E-state index contributed by atoms with van der Waals surface area (Å²) < 4.78 is 27.5. The van der Waals surface area contributed by atoms with Crippen LogP contribution in [0.25, 0.3) is 0 Å². The molecule has 14 heavy (non-hydrogen) atoms. The number of primary sulfonamides is 1. The van der Waals surface area contributed by atoms with Gasteiger partial charge in [0.2, 0.25) is 10.0 Å². The van der Waals surface area contributed by atoms with Crippen LogP contribution in [-0.2, 0) is 16.4 Å². The SMILES string of the molecule is CCc1cccc(OC)c1S(N)(=O)=O. The molecule has 0 bridgehead atoms. The van der Waals surface area contributed by atoms with Crippen LogP contribution < -0.4 is 9.88 Å². The first-order chi connectivity index (χ1) is 6.50. The van der Waals surface area contributed by atoms with Gasteiger partial charge in [0.1, 0.15) is 10.6 Å². The maximum Gasteiger partial charge on any atom is 0.242 e. The Hall–Kier alpha value is -1.07. The average Bonchev–Trinajstić information content (AvgIpc) is 2.15. The molecule has 1 aromatic carbocycles. The van der Waals surface area contributed by atoms with E-state index in [1.165, 1.54) is 7.11 Å². The molecule has 5 heteroatoms. The zero-order valence-corrected chi connectivity index (χ0v) is 8.97. The van der Waals surface area contributed by atoms with Crippen molar-refractivity contribution in [3.05, 3.63) is 23.8 Å². The van der Waals surface area contributed by atoms with E-state index in [0.717, 1.165) is 0 Å². The summed E-state index contributed by atoms with van der Waals surface area (Å²) in [4.78, 5) is 0.0880. The number of sulfonamides is 1. The lowest BCUT2D eigenvalue weighted by atomic mass is 10.1. The highest BCUT2D eigenvalue weighted by Crippen LogP contribution is 2.26. The summed E-state index contributed by atoms with van der Waals surface area (Å²) in [6.45, 7) is 1.86. The van der Waals surface area contributed by atoms with Crippen molar-refractivity contribution in [2.75, 3.05) is 7.11 Å². The second-order valence-corrected chi connectivity index (χ2v) is 4.35. The monoisotopic (exact) mass is 215 g/mol. The zero-order chi connectivity index (χ0) is 10.8. The van der Waals surface area contributed by atoms with Crippen molar-refractivity contribution in [2.45, 2.75) is 18.2 Å². The largest absolute Gasteiger partial charge is 0.495 e. The molecule has 0 aromatic heterocycles. The number of nitrogens with two attached hydrogens (primary N) is 1. The van der Waals surface area contributed by atoms with Crippen LogP contribution in [0.1, 0.15) is 12.5 Å². The van der Waals surface area contributed by atoms with E-state index in [1.807, 2.05) is 6.92 Å². The first kappa shape index (κ1) is 11.0. The third-order valence-electron chi connectivity index (χ3n) is 1.95. The molecule has 0 fully saturated rings. The lowest BCUT2D eigenvalue weighted by Crippen LogP contribution is -2.15. The first-order valence-corrected chi connectivity index (χ1v) is 5.74. The van der Waals surface area contributed by atoms with Crippen LogP contribution in [0, 0.1) is 0 Å². The number of hydrogen-bond donors (Lipinski definition) is 1. The van der Waals surface area contributed by atoms with E-state index >= 15 is 0 Å². The maximum absolute atomic E-state index is 11.3. The van der Waals surface area contributed by atoms with Gasteiger partial charge in [-0.15, -0.1) is 0 Å². The summed E-state index contributed by atoms with van der Waals surface area (Å²) in [5, 5.41) is 5.10. The van der Waals surface area contributed by atoms with Gasteiger partial charge in [0.15, 0.2) is 0 Å². The summed E-state index contributed by atoms with van der Waals surface area (Å²) in [5.41, 5.74) is 0.673. The van der Waals surface area contributed by atoms with Crippen molar-refractivity contribution in [2.24, 2.45) is 5.14 Å². The number of aryl methyl sites for hydroxylation is 1. The highest BCUT2D eigenvalue weighted by atomic mass is 32.2. The molecule has 0 heterocycles. The Morgan fingerprint density at radius 1 is 1.43 bits per heavy atom. The molecule has 2 N–H and O–H groups in total. The summed E-state index contributed by atoms with van der Waals surface area (Å²) in [7, 11) is -2.29. The van der Waals surface area contributed by atoms with E-state index < -0.39 is 10.0 Å². The van der Waals surface area contributed by atoms with Gasteiger partial charge < -0.3 is 4.74 Å². The molecule has 0 aliphatic carbocycles. The molecule has 0 aliphatic rings. The third kappa shape index (κ3) is 2.05. The van der Waals surface area contributed by atoms with Gasteiger partial charge in [-0.1, -0.05) is 19.1 Å². The van der Waals surface area contributed by atoms with Crippen molar-refractivity contribution < 1.29 is 13.2 Å². The van der Waals surface area contributed by atoms with Gasteiger partial charge in [-0.3, -0.25) is 0 Å². The minimum absolute atomic E-state index is 0.0880. The quantitative estimate of drug-likeness (QED) is 0.814. The number of ether oxygens (including phenoxy) is 1. The smallest absolute Gasteiger partial charge is 0.242 e. The Bertz CT molecular complexity index is 403. The minimum Gasteiger partial charge on any atom is -0.495 e. The van der Waals surface area contributed by atoms with Crippen LogP contribution >= 0.6 is 0 Å². The van der Waals surface area contributed by atoms with E-state index in [2.05, 4.69) is 0 Å². The van der Waals surface area contributed by atoms with Crippen LogP contribution in [-0.4, -0.2) is 15.5 Å². The van der Waals surface area contributed by atoms with E-state index in [0.29, 0.717) is 17.7 Å². The van der Waals surface area contributed by atoms with E-state index in [1.54, 1.807) is 18.2 Å². The molecule has 0 spiro atoms. The van der Waals surface area contributed by atoms with Gasteiger partial charge in [-0.2, -0.15) is 0 Å². The van der Waals surface area contributed by atoms with Gasteiger partial charge in [0.25, 0.3) is 0 Å². The van der Waals surface area contributed by atoms with Crippen LogP contribution in [0.15, 0.2) is 23.1 Å². The Morgan fingerprint density at radius 3 is 2.50 bits per heavy atom. The molecular formula is C9H13NO3S. The second-order valence-electron chi connectivity index (χ2n) is 2.85. The standard InChI is InChI=1S/C9H13NO3S/c1-3-7-5-4-6-8(13-2)9(7)14(10,11)12/h4-6H,3H2,1-2H3,(H2,10,11,12). The van der Waals surface area contributed by atoms with E-state index in [-0.39, 0.29) is 4.90 Å². The molecule has 0 radical (unpaired) electrons. The van der Waals surface area contributed by atoms with Gasteiger partial charge in [-0.05, 0) is 18.1 Å².